The largest absolute Gasteiger partial charge is 0.507 e. The fourth-order valence-corrected chi connectivity index (χ4v) is 4.50. The first-order chi connectivity index (χ1) is 14.1. The van der Waals surface area contributed by atoms with E-state index in [-0.39, 0.29) is 34.5 Å². The van der Waals surface area contributed by atoms with Crippen LogP contribution >= 0.6 is 0 Å². The van der Waals surface area contributed by atoms with E-state index in [1.54, 1.807) is 0 Å². The summed E-state index contributed by atoms with van der Waals surface area (Å²) in [7, 11) is 0. The van der Waals surface area contributed by atoms with Crippen LogP contribution < -0.4 is 4.74 Å². The molecule has 30 heavy (non-hydrogen) atoms. The van der Waals surface area contributed by atoms with Crippen LogP contribution in [0.25, 0.3) is 0 Å². The maximum atomic E-state index is 10.8. The minimum atomic E-state index is -1.28. The Hall–Kier alpha value is -3.54. The Bertz CT molecular complexity index is 1120. The molecular formula is C24H24O6. The van der Waals surface area contributed by atoms with Gasteiger partial charge in [-0.15, -0.1) is 0 Å². The van der Waals surface area contributed by atoms with Crippen molar-refractivity contribution in [2.75, 3.05) is 0 Å². The van der Waals surface area contributed by atoms with Crippen molar-refractivity contribution < 1.29 is 30.3 Å². The summed E-state index contributed by atoms with van der Waals surface area (Å²) < 4.78 is 6.57. The molecule has 0 fully saturated rings. The first-order valence-electron chi connectivity index (χ1n) is 9.65. The van der Waals surface area contributed by atoms with Crippen LogP contribution in [-0.4, -0.2) is 25.5 Å². The standard InChI is InChI=1S/C24H24O6/c1-13-15-9-18(26)21(29)12-22(15)30-24(23(13,2)3,14-7-5-4-6-8-14)16-10-19(27)20(28)11-17(16)25/h4-13,25-29H,1-3H3. The molecule has 0 aliphatic carbocycles. The van der Waals surface area contributed by atoms with Crippen molar-refractivity contribution in [2.45, 2.75) is 32.3 Å². The molecule has 0 bridgehead atoms. The molecule has 0 radical (unpaired) electrons. The molecule has 6 heteroatoms. The molecule has 0 saturated heterocycles. The predicted molar refractivity (Wildman–Crippen MR) is 111 cm³/mol. The van der Waals surface area contributed by atoms with Crippen molar-refractivity contribution >= 4 is 0 Å². The summed E-state index contributed by atoms with van der Waals surface area (Å²) in [5, 5.41) is 51.0. The molecule has 0 aromatic heterocycles. The summed E-state index contributed by atoms with van der Waals surface area (Å²) in [5.41, 5.74) is -0.269. The number of phenolic OH excluding ortho intramolecular Hbond substituents is 5. The summed E-state index contributed by atoms with van der Waals surface area (Å²) in [5.74, 6) is -1.46. The lowest BCUT2D eigenvalue weighted by Crippen LogP contribution is -2.53. The Morgan fingerprint density at radius 1 is 0.733 bits per heavy atom. The lowest BCUT2D eigenvalue weighted by Gasteiger charge is -2.54. The van der Waals surface area contributed by atoms with E-state index in [2.05, 4.69) is 0 Å². The Labute approximate surface area is 174 Å². The summed E-state index contributed by atoms with van der Waals surface area (Å²) in [4.78, 5) is 0. The highest BCUT2D eigenvalue weighted by atomic mass is 16.5. The van der Waals surface area contributed by atoms with Crippen LogP contribution in [0.1, 0.15) is 43.4 Å². The van der Waals surface area contributed by atoms with Crippen LogP contribution in [0.2, 0.25) is 0 Å². The highest BCUT2D eigenvalue weighted by Crippen LogP contribution is 2.62. The summed E-state index contributed by atoms with van der Waals surface area (Å²) in [6.07, 6.45) is 0. The molecule has 4 rings (SSSR count). The van der Waals surface area contributed by atoms with Crippen LogP contribution in [-0.2, 0) is 5.60 Å². The van der Waals surface area contributed by atoms with Crippen molar-refractivity contribution in [3.05, 3.63) is 71.3 Å². The zero-order valence-electron chi connectivity index (χ0n) is 16.9. The molecular weight excluding hydrogens is 384 g/mol. The molecule has 0 saturated carbocycles. The van der Waals surface area contributed by atoms with Crippen LogP contribution in [0, 0.1) is 5.41 Å². The number of hydrogen-bond acceptors (Lipinski definition) is 6. The first-order valence-corrected chi connectivity index (χ1v) is 9.65. The van der Waals surface area contributed by atoms with Crippen LogP contribution in [0.3, 0.4) is 0 Å². The van der Waals surface area contributed by atoms with E-state index in [4.69, 9.17) is 4.74 Å². The van der Waals surface area contributed by atoms with Gasteiger partial charge in [0.05, 0.1) is 0 Å². The van der Waals surface area contributed by atoms with E-state index in [1.165, 1.54) is 18.2 Å². The second kappa shape index (κ2) is 6.49. The normalized spacial score (nSPS) is 22.2. The van der Waals surface area contributed by atoms with Gasteiger partial charge in [-0.2, -0.15) is 0 Å². The van der Waals surface area contributed by atoms with Crippen molar-refractivity contribution in [3.63, 3.8) is 0 Å². The minimum absolute atomic E-state index is 0.191. The summed E-state index contributed by atoms with van der Waals surface area (Å²) >= 11 is 0. The number of rotatable bonds is 2. The molecule has 1 aliphatic heterocycles. The summed E-state index contributed by atoms with van der Waals surface area (Å²) in [6, 6.07) is 14.5. The Kier molecular flexibility index (Phi) is 4.27. The monoisotopic (exact) mass is 408 g/mol. The van der Waals surface area contributed by atoms with E-state index in [9.17, 15) is 25.5 Å². The molecule has 0 amide bonds. The highest BCUT2D eigenvalue weighted by Gasteiger charge is 2.58. The van der Waals surface area contributed by atoms with E-state index in [1.807, 2.05) is 51.1 Å². The van der Waals surface area contributed by atoms with Gasteiger partial charge >= 0.3 is 0 Å². The lowest BCUT2D eigenvalue weighted by atomic mass is 9.58. The Balaban J connectivity index is 2.11. The van der Waals surface area contributed by atoms with E-state index in [0.29, 0.717) is 11.3 Å². The molecule has 2 atom stereocenters. The van der Waals surface area contributed by atoms with Crippen molar-refractivity contribution in [1.29, 1.82) is 0 Å². The molecule has 0 spiro atoms. The average Bonchev–Trinajstić information content (AvgIpc) is 2.70. The maximum absolute atomic E-state index is 10.8. The zero-order chi connectivity index (χ0) is 21.8. The third-order valence-corrected chi connectivity index (χ3v) is 6.48. The van der Waals surface area contributed by atoms with E-state index in [0.717, 1.165) is 11.6 Å². The van der Waals surface area contributed by atoms with E-state index >= 15 is 0 Å². The number of ether oxygens (including phenoxy) is 1. The molecule has 2 unspecified atom stereocenters. The third-order valence-electron chi connectivity index (χ3n) is 6.48. The van der Waals surface area contributed by atoms with Crippen molar-refractivity contribution in [1.82, 2.24) is 0 Å². The summed E-state index contributed by atoms with van der Waals surface area (Å²) in [6.45, 7) is 5.93. The van der Waals surface area contributed by atoms with Gasteiger partial charge < -0.3 is 30.3 Å². The van der Waals surface area contributed by atoms with Crippen LogP contribution in [0.4, 0.5) is 0 Å². The zero-order valence-corrected chi connectivity index (χ0v) is 16.9. The number of phenols is 5. The molecule has 3 aromatic rings. The number of aromatic hydroxyl groups is 5. The smallest absolute Gasteiger partial charge is 0.168 e. The van der Waals surface area contributed by atoms with Gasteiger partial charge in [-0.25, -0.2) is 0 Å². The second-order valence-corrected chi connectivity index (χ2v) is 8.33. The molecule has 3 aromatic carbocycles. The molecule has 1 aliphatic rings. The molecule has 1 heterocycles. The van der Waals surface area contributed by atoms with Crippen molar-refractivity contribution in [3.8, 4) is 34.5 Å². The van der Waals surface area contributed by atoms with Crippen LogP contribution in [0.5, 0.6) is 34.5 Å². The van der Waals surface area contributed by atoms with Gasteiger partial charge in [-0.1, -0.05) is 51.1 Å². The molecule has 6 nitrogen and oxygen atoms in total. The van der Waals surface area contributed by atoms with Crippen LogP contribution in [0.15, 0.2) is 54.6 Å². The quantitative estimate of drug-likeness (QED) is 0.311. The SMILES string of the molecule is CC1c2cc(O)c(O)cc2OC(c2ccccc2)(c2cc(O)c(O)cc2O)C1(C)C. The minimum Gasteiger partial charge on any atom is -0.507 e. The van der Waals surface area contributed by atoms with Gasteiger partial charge in [-0.3, -0.25) is 0 Å². The van der Waals surface area contributed by atoms with E-state index < -0.39 is 16.8 Å². The number of benzene rings is 3. The van der Waals surface area contributed by atoms with Gasteiger partial charge in [0.15, 0.2) is 28.6 Å². The topological polar surface area (TPSA) is 110 Å². The lowest BCUT2D eigenvalue weighted by molar-refractivity contribution is -0.0470. The Morgan fingerprint density at radius 3 is 1.97 bits per heavy atom. The first kappa shape index (κ1) is 19.8. The highest BCUT2D eigenvalue weighted by molar-refractivity contribution is 5.59. The predicted octanol–water partition coefficient (Wildman–Crippen LogP) is 4.68. The van der Waals surface area contributed by atoms with Crippen molar-refractivity contribution in [2.24, 2.45) is 5.41 Å². The van der Waals surface area contributed by atoms with Gasteiger partial charge in [-0.05, 0) is 18.1 Å². The fraction of sp³-hybridized carbons (Fsp3) is 0.250. The number of fused-ring (bicyclic) bond motifs is 1. The van der Waals surface area contributed by atoms with Gasteiger partial charge in [0.2, 0.25) is 0 Å². The average molecular weight is 408 g/mol. The van der Waals surface area contributed by atoms with Gasteiger partial charge in [0.1, 0.15) is 11.5 Å². The van der Waals surface area contributed by atoms with Gasteiger partial charge in [0.25, 0.3) is 0 Å². The fourth-order valence-electron chi connectivity index (χ4n) is 4.50. The third kappa shape index (κ3) is 2.56. The second-order valence-electron chi connectivity index (χ2n) is 8.33. The molecule has 5 N–H and O–H groups in total. The Morgan fingerprint density at radius 2 is 1.30 bits per heavy atom. The van der Waals surface area contributed by atoms with Gasteiger partial charge in [0, 0.05) is 34.2 Å². The maximum Gasteiger partial charge on any atom is 0.168 e. The number of hydrogen-bond donors (Lipinski definition) is 5. The molecule has 156 valence electrons.